The molecule has 0 bridgehead atoms. The number of benzene rings is 1. The maximum atomic E-state index is 12.2. The van der Waals surface area contributed by atoms with Gasteiger partial charge in [-0.2, -0.15) is 0 Å². The third-order valence-electron chi connectivity index (χ3n) is 4.49. The average Bonchev–Trinajstić information content (AvgIpc) is 2.64. The quantitative estimate of drug-likeness (QED) is 0.510. The highest BCUT2D eigenvalue weighted by atomic mass is 16.6. The Kier molecular flexibility index (Phi) is 10.4. The minimum Gasteiger partial charge on any atom is -0.491 e. The number of carbonyl (C=O) groups excluding carboxylic acids is 2. The van der Waals surface area contributed by atoms with Gasteiger partial charge in [-0.3, -0.25) is 4.79 Å². The SMILES string of the molecule is C.CC(=O)Nc1cc(-c2ccc(OC[C@H](CC(C)C)NC(=O)OC(C)(C)C)c(C)c2)ccn1. The van der Waals surface area contributed by atoms with Crippen LogP contribution in [0.2, 0.25) is 0 Å². The standard InChI is InChI=1S/C25H35N3O4.CH4/c1-16(2)12-21(28-24(30)32-25(5,6)7)15-31-22-9-8-19(13-17(22)3)20-10-11-26-23(14-20)27-18(4)29;/h8-11,13-14,16,21H,12,15H2,1-7H3,(H,28,30)(H,26,27,29);1H4/t21-;/m0./s1. The summed E-state index contributed by atoms with van der Waals surface area (Å²) < 4.78 is 11.4. The normalized spacial score (nSPS) is 11.9. The maximum absolute atomic E-state index is 12.2. The van der Waals surface area contributed by atoms with E-state index in [0.717, 1.165) is 28.9 Å². The summed E-state index contributed by atoms with van der Waals surface area (Å²) in [6.45, 7) is 13.5. The zero-order chi connectivity index (χ0) is 23.9. The van der Waals surface area contributed by atoms with Crippen LogP contribution in [0.3, 0.4) is 0 Å². The number of alkyl carbamates (subject to hydrolysis) is 1. The molecule has 0 saturated heterocycles. The van der Waals surface area contributed by atoms with E-state index in [4.69, 9.17) is 9.47 Å². The summed E-state index contributed by atoms with van der Waals surface area (Å²) in [6, 6.07) is 9.48. The van der Waals surface area contributed by atoms with Crippen molar-refractivity contribution in [2.24, 2.45) is 5.92 Å². The molecule has 0 aliphatic rings. The van der Waals surface area contributed by atoms with Gasteiger partial charge in [-0.15, -0.1) is 0 Å². The number of nitrogens with zero attached hydrogens (tertiary/aromatic N) is 1. The Balaban J connectivity index is 0.00000544. The van der Waals surface area contributed by atoms with Gasteiger partial charge < -0.3 is 20.1 Å². The molecule has 7 nitrogen and oxygen atoms in total. The molecule has 0 unspecified atom stereocenters. The molecule has 0 aliphatic heterocycles. The van der Waals surface area contributed by atoms with Crippen molar-refractivity contribution in [2.75, 3.05) is 11.9 Å². The predicted molar refractivity (Wildman–Crippen MR) is 134 cm³/mol. The number of rotatable bonds is 8. The van der Waals surface area contributed by atoms with Crippen LogP contribution in [0, 0.1) is 12.8 Å². The van der Waals surface area contributed by atoms with E-state index in [-0.39, 0.29) is 19.4 Å². The van der Waals surface area contributed by atoms with E-state index < -0.39 is 11.7 Å². The van der Waals surface area contributed by atoms with Gasteiger partial charge >= 0.3 is 6.09 Å². The van der Waals surface area contributed by atoms with E-state index in [1.54, 1.807) is 6.20 Å². The van der Waals surface area contributed by atoms with Crippen LogP contribution in [0.1, 0.15) is 61.0 Å². The third kappa shape index (κ3) is 9.93. The van der Waals surface area contributed by atoms with Gasteiger partial charge in [-0.05, 0) is 81.0 Å². The zero-order valence-corrected chi connectivity index (χ0v) is 20.1. The van der Waals surface area contributed by atoms with Crippen LogP contribution in [0.4, 0.5) is 10.6 Å². The van der Waals surface area contributed by atoms with Crippen molar-refractivity contribution in [1.82, 2.24) is 10.3 Å². The molecule has 1 aromatic carbocycles. The summed E-state index contributed by atoms with van der Waals surface area (Å²) in [4.78, 5) is 27.7. The van der Waals surface area contributed by atoms with Crippen molar-refractivity contribution in [3.05, 3.63) is 42.1 Å². The lowest BCUT2D eigenvalue weighted by Gasteiger charge is -2.25. The Bertz CT molecular complexity index is 935. The van der Waals surface area contributed by atoms with E-state index in [2.05, 4.69) is 29.5 Å². The molecule has 0 aliphatic carbocycles. The second-order valence-electron chi connectivity index (χ2n) is 9.37. The third-order valence-corrected chi connectivity index (χ3v) is 4.49. The Morgan fingerprint density at radius 2 is 1.76 bits per heavy atom. The van der Waals surface area contributed by atoms with E-state index >= 15 is 0 Å². The molecule has 2 rings (SSSR count). The van der Waals surface area contributed by atoms with Gasteiger partial charge in [0.2, 0.25) is 5.91 Å². The van der Waals surface area contributed by atoms with Crippen molar-refractivity contribution >= 4 is 17.8 Å². The number of hydrogen-bond acceptors (Lipinski definition) is 5. The lowest BCUT2D eigenvalue weighted by molar-refractivity contribution is -0.114. The van der Waals surface area contributed by atoms with Crippen molar-refractivity contribution in [3.63, 3.8) is 0 Å². The van der Waals surface area contributed by atoms with Crippen LogP contribution in [-0.4, -0.2) is 35.2 Å². The van der Waals surface area contributed by atoms with Gasteiger partial charge in [-0.1, -0.05) is 27.3 Å². The van der Waals surface area contributed by atoms with Crippen LogP contribution in [0.25, 0.3) is 11.1 Å². The molecular formula is C26H39N3O4. The fourth-order valence-electron chi connectivity index (χ4n) is 3.25. The summed E-state index contributed by atoms with van der Waals surface area (Å²) in [6.07, 6.45) is 2.00. The van der Waals surface area contributed by atoms with Crippen molar-refractivity contribution in [2.45, 2.75) is 74.0 Å². The van der Waals surface area contributed by atoms with Gasteiger partial charge in [0.1, 0.15) is 23.8 Å². The molecule has 2 N–H and O–H groups in total. The Hall–Kier alpha value is -3.09. The summed E-state index contributed by atoms with van der Waals surface area (Å²) in [5, 5.41) is 5.63. The first-order chi connectivity index (χ1) is 14.9. The van der Waals surface area contributed by atoms with E-state index in [1.807, 2.05) is 58.0 Å². The van der Waals surface area contributed by atoms with Crippen molar-refractivity contribution < 1.29 is 19.1 Å². The van der Waals surface area contributed by atoms with Gasteiger partial charge in [0.15, 0.2) is 0 Å². The number of amides is 2. The van der Waals surface area contributed by atoms with Crippen molar-refractivity contribution in [3.8, 4) is 16.9 Å². The molecule has 1 aromatic heterocycles. The topological polar surface area (TPSA) is 89.6 Å². The number of ether oxygens (including phenoxy) is 2. The van der Waals surface area contributed by atoms with Crippen LogP contribution in [0.15, 0.2) is 36.5 Å². The minimum absolute atomic E-state index is 0. The molecule has 33 heavy (non-hydrogen) atoms. The number of pyridine rings is 1. The van der Waals surface area contributed by atoms with Crippen LogP contribution in [-0.2, 0) is 9.53 Å². The van der Waals surface area contributed by atoms with Gasteiger partial charge in [0.25, 0.3) is 0 Å². The second-order valence-corrected chi connectivity index (χ2v) is 9.37. The molecule has 1 atom stereocenters. The molecule has 182 valence electrons. The Morgan fingerprint density at radius 1 is 1.09 bits per heavy atom. The lowest BCUT2D eigenvalue weighted by atomic mass is 10.0. The molecule has 0 radical (unpaired) electrons. The van der Waals surface area contributed by atoms with Crippen LogP contribution >= 0.6 is 0 Å². The molecule has 0 spiro atoms. The number of carbonyl (C=O) groups is 2. The second kappa shape index (κ2) is 12.2. The molecule has 1 heterocycles. The summed E-state index contributed by atoms with van der Waals surface area (Å²) in [7, 11) is 0. The first-order valence-corrected chi connectivity index (χ1v) is 10.9. The minimum atomic E-state index is -0.549. The monoisotopic (exact) mass is 457 g/mol. The molecular weight excluding hydrogens is 418 g/mol. The maximum Gasteiger partial charge on any atom is 0.407 e. The predicted octanol–water partition coefficient (Wildman–Crippen LogP) is 5.97. The molecule has 0 fully saturated rings. The highest BCUT2D eigenvalue weighted by molar-refractivity contribution is 5.88. The zero-order valence-electron chi connectivity index (χ0n) is 20.1. The summed E-state index contributed by atoms with van der Waals surface area (Å²) in [5.41, 5.74) is 2.37. The van der Waals surface area contributed by atoms with Crippen LogP contribution < -0.4 is 15.4 Å². The smallest absolute Gasteiger partial charge is 0.407 e. The summed E-state index contributed by atoms with van der Waals surface area (Å²) in [5.74, 6) is 1.50. The number of nitrogens with one attached hydrogen (secondary N) is 2. The van der Waals surface area contributed by atoms with E-state index in [9.17, 15) is 9.59 Å². The molecule has 7 heteroatoms. The van der Waals surface area contributed by atoms with Gasteiger partial charge in [-0.25, -0.2) is 9.78 Å². The van der Waals surface area contributed by atoms with E-state index in [0.29, 0.717) is 18.3 Å². The lowest BCUT2D eigenvalue weighted by Crippen LogP contribution is -2.42. The Morgan fingerprint density at radius 3 is 2.33 bits per heavy atom. The van der Waals surface area contributed by atoms with Crippen LogP contribution in [0.5, 0.6) is 5.75 Å². The molecule has 2 amide bonds. The average molecular weight is 458 g/mol. The van der Waals surface area contributed by atoms with Gasteiger partial charge in [0, 0.05) is 13.1 Å². The fourth-order valence-corrected chi connectivity index (χ4v) is 3.25. The number of aryl methyl sites for hydroxylation is 1. The summed E-state index contributed by atoms with van der Waals surface area (Å²) >= 11 is 0. The first-order valence-electron chi connectivity index (χ1n) is 10.9. The molecule has 0 saturated carbocycles. The largest absolute Gasteiger partial charge is 0.491 e. The Labute approximate surface area is 198 Å². The highest BCUT2D eigenvalue weighted by Gasteiger charge is 2.21. The van der Waals surface area contributed by atoms with Crippen molar-refractivity contribution in [1.29, 1.82) is 0 Å². The van der Waals surface area contributed by atoms with E-state index in [1.165, 1.54) is 6.92 Å². The highest BCUT2D eigenvalue weighted by Crippen LogP contribution is 2.27. The number of hydrogen-bond donors (Lipinski definition) is 2. The molecule has 2 aromatic rings. The first kappa shape index (κ1) is 27.9. The number of aromatic nitrogens is 1. The number of anilines is 1. The fraction of sp³-hybridized carbons (Fsp3) is 0.500. The van der Waals surface area contributed by atoms with Gasteiger partial charge in [0.05, 0.1) is 6.04 Å².